The smallest absolute Gasteiger partial charge is 0.208 e. The first kappa shape index (κ1) is 15.6. The first-order valence-corrected chi connectivity index (χ1v) is 8.02. The van der Waals surface area contributed by atoms with Crippen molar-refractivity contribution in [3.8, 4) is 0 Å². The fraction of sp³-hybridized carbons (Fsp3) is 0.824. The highest BCUT2D eigenvalue weighted by atomic mass is 16.4. The van der Waals surface area contributed by atoms with Gasteiger partial charge in [0, 0.05) is 6.04 Å². The van der Waals surface area contributed by atoms with E-state index in [9.17, 15) is 0 Å². The number of nitrogens with zero attached hydrogens (tertiary/aromatic N) is 1. The second-order valence-electron chi connectivity index (χ2n) is 7.40. The first-order chi connectivity index (χ1) is 9.36. The van der Waals surface area contributed by atoms with Gasteiger partial charge in [0.05, 0.1) is 12.2 Å². The van der Waals surface area contributed by atoms with E-state index < -0.39 is 0 Å². The Morgan fingerprint density at radius 3 is 2.50 bits per heavy atom. The summed E-state index contributed by atoms with van der Waals surface area (Å²) in [5.41, 5.74) is 1.46. The van der Waals surface area contributed by atoms with Crippen LogP contribution < -0.4 is 5.32 Å². The van der Waals surface area contributed by atoms with Crippen LogP contribution in [0.5, 0.6) is 0 Å². The molecular formula is C17H30N2O. The molecule has 114 valence electrons. The van der Waals surface area contributed by atoms with E-state index in [0.717, 1.165) is 29.8 Å². The lowest BCUT2D eigenvalue weighted by Gasteiger charge is -2.29. The third kappa shape index (κ3) is 4.08. The van der Waals surface area contributed by atoms with Gasteiger partial charge in [0.15, 0.2) is 0 Å². The lowest BCUT2D eigenvalue weighted by atomic mass is 9.76. The van der Waals surface area contributed by atoms with Crippen LogP contribution in [0, 0.1) is 25.2 Å². The molecule has 1 fully saturated rings. The summed E-state index contributed by atoms with van der Waals surface area (Å²) in [6.07, 6.45) is 6.61. The number of aromatic nitrogens is 1. The number of rotatable bonds is 3. The molecule has 20 heavy (non-hydrogen) atoms. The van der Waals surface area contributed by atoms with E-state index >= 15 is 0 Å². The summed E-state index contributed by atoms with van der Waals surface area (Å²) in [7, 11) is 0. The second kappa shape index (κ2) is 6.30. The summed E-state index contributed by atoms with van der Waals surface area (Å²) in [5, 5.41) is 3.63. The number of hydrogen-bond donors (Lipinski definition) is 1. The Morgan fingerprint density at radius 1 is 1.15 bits per heavy atom. The van der Waals surface area contributed by atoms with E-state index in [2.05, 4.69) is 31.1 Å². The van der Waals surface area contributed by atoms with Crippen molar-refractivity contribution in [1.29, 1.82) is 0 Å². The van der Waals surface area contributed by atoms with Crippen molar-refractivity contribution < 1.29 is 4.42 Å². The molecule has 1 aliphatic carbocycles. The Hall–Kier alpha value is -0.830. The van der Waals surface area contributed by atoms with Gasteiger partial charge in [-0.3, -0.25) is 0 Å². The Balaban J connectivity index is 1.82. The molecule has 2 rings (SSSR count). The van der Waals surface area contributed by atoms with Crippen LogP contribution in [0.3, 0.4) is 0 Å². The maximum absolute atomic E-state index is 5.64. The molecule has 0 radical (unpaired) electrons. The molecule has 2 unspecified atom stereocenters. The van der Waals surface area contributed by atoms with Crippen LogP contribution in [-0.4, -0.2) is 11.0 Å². The van der Waals surface area contributed by atoms with Crippen LogP contribution in [0.2, 0.25) is 0 Å². The Kier molecular flexibility index (Phi) is 4.90. The number of nitrogens with one attached hydrogen (secondary N) is 1. The van der Waals surface area contributed by atoms with Gasteiger partial charge in [-0.2, -0.15) is 0 Å². The lowest BCUT2D eigenvalue weighted by molar-refractivity contribution is 0.213. The van der Waals surface area contributed by atoms with Gasteiger partial charge in [0.1, 0.15) is 5.76 Å². The molecule has 3 heteroatoms. The molecular weight excluding hydrogens is 248 g/mol. The summed E-state index contributed by atoms with van der Waals surface area (Å²) < 4.78 is 5.64. The zero-order chi connectivity index (χ0) is 14.8. The molecule has 1 aromatic rings. The normalized spacial score (nSPS) is 24.6. The van der Waals surface area contributed by atoms with Crippen LogP contribution in [-0.2, 0) is 6.54 Å². The number of aryl methyl sites for hydroxylation is 2. The van der Waals surface area contributed by atoms with Crippen molar-refractivity contribution in [2.24, 2.45) is 11.3 Å². The zero-order valence-electron chi connectivity index (χ0n) is 13.8. The van der Waals surface area contributed by atoms with Crippen molar-refractivity contribution in [1.82, 2.24) is 10.3 Å². The fourth-order valence-corrected chi connectivity index (χ4v) is 3.22. The Labute approximate surface area is 123 Å². The minimum atomic E-state index is 0.450. The molecule has 2 atom stereocenters. The predicted molar refractivity (Wildman–Crippen MR) is 82.6 cm³/mol. The predicted octanol–water partition coefficient (Wildman–Crippen LogP) is 4.38. The highest BCUT2D eigenvalue weighted by Gasteiger charge is 2.27. The maximum atomic E-state index is 5.64. The topological polar surface area (TPSA) is 38.1 Å². The van der Waals surface area contributed by atoms with Gasteiger partial charge in [-0.25, -0.2) is 4.98 Å². The maximum Gasteiger partial charge on any atom is 0.208 e. The zero-order valence-corrected chi connectivity index (χ0v) is 13.8. The standard InChI is InChI=1S/C17H30N2O/c1-12-13(2)20-16(19-12)11-18-15-8-6-7-14(9-10-15)17(3,4)5/h14-15,18H,6-11H2,1-5H3. The lowest BCUT2D eigenvalue weighted by Crippen LogP contribution is -2.28. The third-order valence-electron chi connectivity index (χ3n) is 4.81. The summed E-state index contributed by atoms with van der Waals surface area (Å²) >= 11 is 0. The molecule has 0 aromatic carbocycles. The van der Waals surface area contributed by atoms with Gasteiger partial charge >= 0.3 is 0 Å². The van der Waals surface area contributed by atoms with E-state index in [1.165, 1.54) is 32.1 Å². The highest BCUT2D eigenvalue weighted by Crippen LogP contribution is 2.36. The summed E-state index contributed by atoms with van der Waals surface area (Å²) in [6.45, 7) is 11.9. The molecule has 3 nitrogen and oxygen atoms in total. The number of hydrogen-bond acceptors (Lipinski definition) is 3. The average molecular weight is 278 g/mol. The molecule has 1 saturated carbocycles. The van der Waals surface area contributed by atoms with Crippen LogP contribution >= 0.6 is 0 Å². The van der Waals surface area contributed by atoms with Crippen LogP contribution in [0.4, 0.5) is 0 Å². The van der Waals surface area contributed by atoms with Gasteiger partial charge in [-0.1, -0.05) is 27.2 Å². The molecule has 0 spiro atoms. The number of oxazole rings is 1. The molecule has 0 aliphatic heterocycles. The van der Waals surface area contributed by atoms with Gasteiger partial charge in [0.2, 0.25) is 5.89 Å². The van der Waals surface area contributed by atoms with Crippen molar-refractivity contribution in [3.05, 3.63) is 17.3 Å². The summed E-state index contributed by atoms with van der Waals surface area (Å²) in [4.78, 5) is 4.44. The monoisotopic (exact) mass is 278 g/mol. The molecule has 1 heterocycles. The first-order valence-electron chi connectivity index (χ1n) is 8.02. The molecule has 0 amide bonds. The Morgan fingerprint density at radius 2 is 1.90 bits per heavy atom. The van der Waals surface area contributed by atoms with Crippen LogP contribution in [0.15, 0.2) is 4.42 Å². The minimum absolute atomic E-state index is 0.450. The van der Waals surface area contributed by atoms with Crippen molar-refractivity contribution in [3.63, 3.8) is 0 Å². The molecule has 1 aromatic heterocycles. The van der Waals surface area contributed by atoms with Crippen LogP contribution in [0.25, 0.3) is 0 Å². The van der Waals surface area contributed by atoms with Gasteiger partial charge in [-0.05, 0) is 50.9 Å². The van der Waals surface area contributed by atoms with Gasteiger partial charge in [-0.15, -0.1) is 0 Å². The van der Waals surface area contributed by atoms with E-state index in [-0.39, 0.29) is 0 Å². The van der Waals surface area contributed by atoms with Crippen molar-refractivity contribution in [2.75, 3.05) is 0 Å². The highest BCUT2D eigenvalue weighted by molar-refractivity contribution is 5.05. The quantitative estimate of drug-likeness (QED) is 0.834. The molecule has 1 N–H and O–H groups in total. The molecule has 0 bridgehead atoms. The van der Waals surface area contributed by atoms with Crippen molar-refractivity contribution in [2.45, 2.75) is 79.3 Å². The largest absolute Gasteiger partial charge is 0.444 e. The van der Waals surface area contributed by atoms with E-state index in [0.29, 0.717) is 11.5 Å². The van der Waals surface area contributed by atoms with E-state index in [1.54, 1.807) is 0 Å². The SMILES string of the molecule is Cc1nc(CNC2CCCC(C(C)(C)C)CC2)oc1C. The molecule has 0 saturated heterocycles. The van der Waals surface area contributed by atoms with E-state index in [1.807, 2.05) is 13.8 Å². The van der Waals surface area contributed by atoms with Gasteiger partial charge in [0.25, 0.3) is 0 Å². The summed E-state index contributed by atoms with van der Waals surface area (Å²) in [5.74, 6) is 2.63. The third-order valence-corrected chi connectivity index (χ3v) is 4.81. The fourth-order valence-electron chi connectivity index (χ4n) is 3.22. The minimum Gasteiger partial charge on any atom is -0.444 e. The van der Waals surface area contributed by atoms with Gasteiger partial charge < -0.3 is 9.73 Å². The van der Waals surface area contributed by atoms with E-state index in [4.69, 9.17) is 4.42 Å². The van der Waals surface area contributed by atoms with Crippen molar-refractivity contribution >= 4 is 0 Å². The summed E-state index contributed by atoms with van der Waals surface area (Å²) in [6, 6.07) is 0.620. The van der Waals surface area contributed by atoms with Crippen LogP contribution in [0.1, 0.15) is 70.2 Å². The molecule has 1 aliphatic rings. The second-order valence-corrected chi connectivity index (χ2v) is 7.40. The Bertz CT molecular complexity index is 411. The average Bonchev–Trinajstić information content (AvgIpc) is 2.57.